The van der Waals surface area contributed by atoms with Crippen molar-refractivity contribution in [3.63, 3.8) is 0 Å². The van der Waals surface area contributed by atoms with Crippen LogP contribution in [0.2, 0.25) is 0 Å². The maximum atomic E-state index is 10.7. The number of carboxylic acid groups (broad SMARTS) is 1. The Labute approximate surface area is 77.2 Å². The predicted molar refractivity (Wildman–Crippen MR) is 50.1 cm³/mol. The summed E-state index contributed by atoms with van der Waals surface area (Å²) in [5.74, 6) is -0.309. The van der Waals surface area contributed by atoms with Crippen molar-refractivity contribution < 1.29 is 9.90 Å². The molecule has 1 aromatic carbocycles. The van der Waals surface area contributed by atoms with Gasteiger partial charge >= 0.3 is 5.97 Å². The Kier molecular flexibility index (Phi) is 1.83. The van der Waals surface area contributed by atoms with Gasteiger partial charge in [0.1, 0.15) is 0 Å². The molecule has 1 aliphatic rings. The summed E-state index contributed by atoms with van der Waals surface area (Å²) < 4.78 is 0. The van der Waals surface area contributed by atoms with Gasteiger partial charge in [-0.05, 0) is 42.0 Å². The minimum absolute atomic E-state index is 0.410. The van der Waals surface area contributed by atoms with Crippen LogP contribution in [-0.4, -0.2) is 11.1 Å². The highest BCUT2D eigenvalue weighted by atomic mass is 16.4. The minimum Gasteiger partial charge on any atom is -0.478 e. The molecule has 1 N–H and O–H groups in total. The third kappa shape index (κ3) is 1.32. The highest BCUT2D eigenvalue weighted by Crippen LogP contribution is 2.32. The Morgan fingerprint density at radius 3 is 3.00 bits per heavy atom. The Balaban J connectivity index is 2.47. The molecule has 13 heavy (non-hydrogen) atoms. The maximum absolute atomic E-state index is 10.7. The molecular formula is C11H12O2. The summed E-state index contributed by atoms with van der Waals surface area (Å²) in [5, 5.41) is 8.80. The predicted octanol–water partition coefficient (Wildman–Crippen LogP) is 2.43. The van der Waals surface area contributed by atoms with Crippen LogP contribution >= 0.6 is 0 Å². The smallest absolute Gasteiger partial charge is 0.335 e. The molecule has 0 aromatic heterocycles. The molecule has 0 bridgehead atoms. The summed E-state index contributed by atoms with van der Waals surface area (Å²) >= 11 is 0. The van der Waals surface area contributed by atoms with Crippen LogP contribution in [-0.2, 0) is 6.42 Å². The fourth-order valence-electron chi connectivity index (χ4n) is 1.94. The average Bonchev–Trinajstić information content (AvgIpc) is 2.47. The highest BCUT2D eigenvalue weighted by molar-refractivity contribution is 5.88. The van der Waals surface area contributed by atoms with Crippen LogP contribution in [0.15, 0.2) is 18.2 Å². The van der Waals surface area contributed by atoms with Crippen LogP contribution in [0, 0.1) is 0 Å². The standard InChI is InChI=1S/C11H12O2/c1-7-2-3-8-4-5-9(11(12)13)6-10(7)8/h4-7H,2-3H2,1H3,(H,12,13). The molecular weight excluding hydrogens is 164 g/mol. The van der Waals surface area contributed by atoms with Crippen LogP contribution in [0.4, 0.5) is 0 Å². The second-order valence-electron chi connectivity index (χ2n) is 3.66. The molecule has 2 rings (SSSR count). The van der Waals surface area contributed by atoms with E-state index in [9.17, 15) is 4.79 Å². The number of aryl methyl sites for hydroxylation is 1. The zero-order valence-electron chi connectivity index (χ0n) is 7.58. The van der Waals surface area contributed by atoms with E-state index >= 15 is 0 Å². The molecule has 2 heteroatoms. The fourth-order valence-corrected chi connectivity index (χ4v) is 1.94. The van der Waals surface area contributed by atoms with Gasteiger partial charge in [0.2, 0.25) is 0 Å². The number of carbonyl (C=O) groups is 1. The van der Waals surface area contributed by atoms with Crippen molar-refractivity contribution in [2.75, 3.05) is 0 Å². The van der Waals surface area contributed by atoms with Gasteiger partial charge < -0.3 is 5.11 Å². The first-order chi connectivity index (χ1) is 6.18. The molecule has 0 spiro atoms. The third-order valence-electron chi connectivity index (χ3n) is 2.77. The lowest BCUT2D eigenvalue weighted by Crippen LogP contribution is -1.98. The summed E-state index contributed by atoms with van der Waals surface area (Å²) in [6.45, 7) is 2.15. The Morgan fingerprint density at radius 1 is 1.54 bits per heavy atom. The lowest BCUT2D eigenvalue weighted by molar-refractivity contribution is 0.0697. The lowest BCUT2D eigenvalue weighted by Gasteiger charge is -2.04. The summed E-state index contributed by atoms with van der Waals surface area (Å²) in [5.41, 5.74) is 2.95. The van der Waals surface area contributed by atoms with Gasteiger partial charge in [-0.3, -0.25) is 0 Å². The quantitative estimate of drug-likeness (QED) is 0.713. The molecule has 0 saturated carbocycles. The number of aromatic carboxylic acids is 1. The first kappa shape index (κ1) is 8.30. The van der Waals surface area contributed by atoms with Gasteiger partial charge in [0.15, 0.2) is 0 Å². The van der Waals surface area contributed by atoms with Gasteiger partial charge in [-0.25, -0.2) is 4.79 Å². The van der Waals surface area contributed by atoms with Crippen molar-refractivity contribution in [3.05, 3.63) is 34.9 Å². The largest absolute Gasteiger partial charge is 0.478 e. The van der Waals surface area contributed by atoms with E-state index in [2.05, 4.69) is 6.92 Å². The monoisotopic (exact) mass is 176 g/mol. The average molecular weight is 176 g/mol. The number of hydrogen-bond acceptors (Lipinski definition) is 1. The number of rotatable bonds is 1. The Bertz CT molecular complexity index is 355. The van der Waals surface area contributed by atoms with E-state index in [0.29, 0.717) is 11.5 Å². The first-order valence-electron chi connectivity index (χ1n) is 4.54. The van der Waals surface area contributed by atoms with Crippen LogP contribution in [0.1, 0.15) is 40.7 Å². The van der Waals surface area contributed by atoms with E-state index in [1.54, 1.807) is 6.07 Å². The minimum atomic E-state index is -0.832. The Hall–Kier alpha value is -1.31. The van der Waals surface area contributed by atoms with E-state index in [4.69, 9.17) is 5.11 Å². The SMILES string of the molecule is CC1CCc2ccc(C(=O)O)cc21. The number of benzene rings is 1. The van der Waals surface area contributed by atoms with Gasteiger partial charge in [-0.15, -0.1) is 0 Å². The van der Waals surface area contributed by atoms with Crippen molar-refractivity contribution in [1.29, 1.82) is 0 Å². The molecule has 0 saturated heterocycles. The van der Waals surface area contributed by atoms with Gasteiger partial charge in [0.25, 0.3) is 0 Å². The van der Waals surface area contributed by atoms with Gasteiger partial charge in [-0.1, -0.05) is 13.0 Å². The maximum Gasteiger partial charge on any atom is 0.335 e. The molecule has 0 aliphatic heterocycles. The third-order valence-corrected chi connectivity index (χ3v) is 2.77. The lowest BCUT2D eigenvalue weighted by atomic mass is 10.0. The van der Waals surface area contributed by atoms with Crippen LogP contribution in [0.5, 0.6) is 0 Å². The number of fused-ring (bicyclic) bond motifs is 1. The van der Waals surface area contributed by atoms with Crippen LogP contribution in [0.3, 0.4) is 0 Å². The van der Waals surface area contributed by atoms with E-state index < -0.39 is 5.97 Å². The van der Waals surface area contributed by atoms with Gasteiger partial charge in [-0.2, -0.15) is 0 Å². The number of hydrogen-bond donors (Lipinski definition) is 1. The van der Waals surface area contributed by atoms with Crippen molar-refractivity contribution >= 4 is 5.97 Å². The summed E-state index contributed by atoms with van der Waals surface area (Å²) in [6.07, 6.45) is 2.24. The van der Waals surface area contributed by atoms with E-state index in [-0.39, 0.29) is 0 Å². The zero-order chi connectivity index (χ0) is 9.42. The van der Waals surface area contributed by atoms with Crippen molar-refractivity contribution in [2.24, 2.45) is 0 Å². The molecule has 68 valence electrons. The second kappa shape index (κ2) is 2.87. The van der Waals surface area contributed by atoms with Gasteiger partial charge in [0.05, 0.1) is 5.56 Å². The molecule has 1 aromatic rings. The molecule has 0 fully saturated rings. The van der Waals surface area contributed by atoms with Crippen molar-refractivity contribution in [3.8, 4) is 0 Å². The molecule has 0 radical (unpaired) electrons. The molecule has 2 nitrogen and oxygen atoms in total. The van der Waals surface area contributed by atoms with E-state index in [0.717, 1.165) is 12.8 Å². The first-order valence-corrected chi connectivity index (χ1v) is 4.54. The summed E-state index contributed by atoms with van der Waals surface area (Å²) in [7, 11) is 0. The molecule has 0 amide bonds. The normalized spacial score (nSPS) is 19.9. The molecule has 0 heterocycles. The van der Waals surface area contributed by atoms with Gasteiger partial charge in [0, 0.05) is 0 Å². The second-order valence-corrected chi connectivity index (χ2v) is 3.66. The van der Waals surface area contributed by atoms with Crippen molar-refractivity contribution in [1.82, 2.24) is 0 Å². The highest BCUT2D eigenvalue weighted by Gasteiger charge is 2.19. The van der Waals surface area contributed by atoms with Crippen LogP contribution < -0.4 is 0 Å². The molecule has 1 unspecified atom stereocenters. The van der Waals surface area contributed by atoms with E-state index in [1.807, 2.05) is 12.1 Å². The molecule has 1 aliphatic carbocycles. The summed E-state index contributed by atoms with van der Waals surface area (Å²) in [6, 6.07) is 5.46. The van der Waals surface area contributed by atoms with E-state index in [1.165, 1.54) is 11.1 Å². The van der Waals surface area contributed by atoms with Crippen molar-refractivity contribution in [2.45, 2.75) is 25.7 Å². The molecule has 1 atom stereocenters. The Morgan fingerprint density at radius 2 is 2.31 bits per heavy atom. The fraction of sp³-hybridized carbons (Fsp3) is 0.364. The topological polar surface area (TPSA) is 37.3 Å². The summed E-state index contributed by atoms with van der Waals surface area (Å²) in [4.78, 5) is 10.7. The zero-order valence-corrected chi connectivity index (χ0v) is 7.58. The van der Waals surface area contributed by atoms with Crippen LogP contribution in [0.25, 0.3) is 0 Å². The number of carboxylic acids is 1.